The van der Waals surface area contributed by atoms with Crippen molar-refractivity contribution in [1.29, 1.82) is 0 Å². The first-order valence-corrected chi connectivity index (χ1v) is 12.1. The van der Waals surface area contributed by atoms with Gasteiger partial charge in [-0.1, -0.05) is 13.3 Å². The lowest BCUT2D eigenvalue weighted by Gasteiger charge is -2.27. The first-order chi connectivity index (χ1) is 17.2. The third-order valence-electron chi connectivity index (χ3n) is 6.27. The number of likely N-dealkylation sites (tertiary alicyclic amines) is 1. The molecule has 1 aliphatic heterocycles. The highest BCUT2D eigenvalue weighted by molar-refractivity contribution is 6.46. The molecule has 0 bridgehead atoms. The van der Waals surface area contributed by atoms with Gasteiger partial charge in [-0.05, 0) is 63.3 Å². The van der Waals surface area contributed by atoms with Crippen LogP contribution in [0.15, 0.2) is 42.0 Å². The molecule has 1 aliphatic rings. The summed E-state index contributed by atoms with van der Waals surface area (Å²) in [5.41, 5.74) is 1.89. The molecule has 36 heavy (non-hydrogen) atoms. The Hall–Kier alpha value is -3.52. The zero-order valence-corrected chi connectivity index (χ0v) is 22.0. The van der Waals surface area contributed by atoms with Crippen LogP contribution in [0.1, 0.15) is 42.5 Å². The van der Waals surface area contributed by atoms with Crippen LogP contribution in [0, 0.1) is 6.92 Å². The van der Waals surface area contributed by atoms with Gasteiger partial charge in [-0.15, -0.1) is 0 Å². The molecule has 1 atom stereocenters. The fourth-order valence-electron chi connectivity index (χ4n) is 4.23. The molecule has 1 heterocycles. The van der Waals surface area contributed by atoms with Crippen LogP contribution >= 0.6 is 0 Å². The number of aliphatic hydroxyl groups is 1. The summed E-state index contributed by atoms with van der Waals surface area (Å²) < 4.78 is 16.7. The molecule has 0 unspecified atom stereocenters. The molecule has 8 heteroatoms. The molecular formula is C28H36N2O6. The summed E-state index contributed by atoms with van der Waals surface area (Å²) >= 11 is 0. The average molecular weight is 497 g/mol. The summed E-state index contributed by atoms with van der Waals surface area (Å²) in [7, 11) is 6.86. The van der Waals surface area contributed by atoms with Crippen LogP contribution in [0.25, 0.3) is 5.76 Å². The van der Waals surface area contributed by atoms with Crippen LogP contribution in [0.5, 0.6) is 17.2 Å². The third kappa shape index (κ3) is 5.65. The van der Waals surface area contributed by atoms with E-state index in [4.69, 9.17) is 14.2 Å². The van der Waals surface area contributed by atoms with Gasteiger partial charge in [0.2, 0.25) is 0 Å². The summed E-state index contributed by atoms with van der Waals surface area (Å²) in [4.78, 5) is 29.9. The highest BCUT2D eigenvalue weighted by Gasteiger charge is 2.47. The molecule has 2 aromatic carbocycles. The monoisotopic (exact) mass is 496 g/mol. The Bertz CT molecular complexity index is 1140. The molecule has 0 saturated carbocycles. The Labute approximate surface area is 213 Å². The molecule has 1 N–H and O–H groups in total. The molecule has 0 spiro atoms. The maximum atomic E-state index is 13.3. The molecule has 0 aliphatic carbocycles. The fourth-order valence-corrected chi connectivity index (χ4v) is 4.23. The SMILES string of the molecule is CCCCOc1ccc(/C(O)=C2\C(=O)C(=O)N(CCN(C)C)[C@H]2c2ccc(OC)cc2OC)cc1C. The van der Waals surface area contributed by atoms with E-state index in [-0.39, 0.29) is 11.3 Å². The first-order valence-electron chi connectivity index (χ1n) is 12.1. The molecule has 1 saturated heterocycles. The lowest BCUT2D eigenvalue weighted by Crippen LogP contribution is -2.35. The average Bonchev–Trinajstić information content (AvgIpc) is 3.12. The molecule has 194 valence electrons. The third-order valence-corrected chi connectivity index (χ3v) is 6.27. The van der Waals surface area contributed by atoms with E-state index >= 15 is 0 Å². The quantitative estimate of drug-likeness (QED) is 0.216. The summed E-state index contributed by atoms with van der Waals surface area (Å²) in [6, 6.07) is 9.66. The van der Waals surface area contributed by atoms with Crippen molar-refractivity contribution in [2.24, 2.45) is 0 Å². The number of nitrogens with zero attached hydrogens (tertiary/aromatic N) is 2. The van der Waals surface area contributed by atoms with Gasteiger partial charge in [0.25, 0.3) is 11.7 Å². The van der Waals surface area contributed by atoms with Crippen LogP contribution in [0.3, 0.4) is 0 Å². The van der Waals surface area contributed by atoms with Gasteiger partial charge in [-0.25, -0.2) is 0 Å². The zero-order chi connectivity index (χ0) is 26.4. The van der Waals surface area contributed by atoms with Crippen LogP contribution in [0.4, 0.5) is 0 Å². The molecular weight excluding hydrogens is 460 g/mol. The van der Waals surface area contributed by atoms with Gasteiger partial charge in [0.15, 0.2) is 0 Å². The molecule has 3 rings (SSSR count). The molecule has 0 radical (unpaired) electrons. The van der Waals surface area contributed by atoms with Gasteiger partial charge in [0.1, 0.15) is 23.0 Å². The van der Waals surface area contributed by atoms with Crippen molar-refractivity contribution in [3.05, 3.63) is 58.7 Å². The standard InChI is InChI=1S/C28H36N2O6/c1-7-8-15-36-22-12-9-19(16-18(22)2)26(31)24-25(21-11-10-20(34-5)17-23(21)35-6)30(14-13-29(3)4)28(33)27(24)32/h9-12,16-17,25,31H,7-8,13-15H2,1-6H3/b26-24+/t25-/m0/s1. The highest BCUT2D eigenvalue weighted by Crippen LogP contribution is 2.43. The Kier molecular flexibility index (Phi) is 8.98. The summed E-state index contributed by atoms with van der Waals surface area (Å²) in [5.74, 6) is 0.146. The highest BCUT2D eigenvalue weighted by atomic mass is 16.5. The molecule has 1 amide bonds. The number of ether oxygens (including phenoxy) is 3. The van der Waals surface area contributed by atoms with Crippen LogP contribution in [0.2, 0.25) is 0 Å². The van der Waals surface area contributed by atoms with E-state index in [1.165, 1.54) is 12.0 Å². The van der Waals surface area contributed by atoms with E-state index < -0.39 is 17.7 Å². The molecule has 8 nitrogen and oxygen atoms in total. The number of unbranched alkanes of at least 4 members (excludes halogenated alkanes) is 1. The van der Waals surface area contributed by atoms with Crippen molar-refractivity contribution in [3.63, 3.8) is 0 Å². The Balaban J connectivity index is 2.13. The van der Waals surface area contributed by atoms with Gasteiger partial charge in [-0.2, -0.15) is 0 Å². The second kappa shape index (κ2) is 11.9. The van der Waals surface area contributed by atoms with E-state index in [0.29, 0.717) is 42.3 Å². The largest absolute Gasteiger partial charge is 0.507 e. The Morgan fingerprint density at radius 1 is 1.06 bits per heavy atom. The Morgan fingerprint density at radius 3 is 2.42 bits per heavy atom. The number of aliphatic hydroxyl groups excluding tert-OH is 1. The maximum absolute atomic E-state index is 13.3. The summed E-state index contributed by atoms with van der Waals surface area (Å²) in [6.45, 7) is 5.44. The molecule has 0 aromatic heterocycles. The van der Waals surface area contributed by atoms with Gasteiger partial charge < -0.3 is 29.1 Å². The van der Waals surface area contributed by atoms with E-state index in [9.17, 15) is 14.7 Å². The lowest BCUT2D eigenvalue weighted by molar-refractivity contribution is -0.140. The number of hydrogen-bond acceptors (Lipinski definition) is 7. The van der Waals surface area contributed by atoms with Crippen molar-refractivity contribution in [1.82, 2.24) is 9.80 Å². The number of amides is 1. The first kappa shape index (κ1) is 27.1. The van der Waals surface area contributed by atoms with Crippen molar-refractivity contribution in [2.45, 2.75) is 32.7 Å². The van der Waals surface area contributed by atoms with Crippen LogP contribution in [-0.4, -0.2) is 74.6 Å². The second-order valence-corrected chi connectivity index (χ2v) is 9.09. The van der Waals surface area contributed by atoms with Gasteiger partial charge in [0.05, 0.1) is 32.4 Å². The predicted octanol–water partition coefficient (Wildman–Crippen LogP) is 4.17. The number of benzene rings is 2. The minimum atomic E-state index is -0.813. The predicted molar refractivity (Wildman–Crippen MR) is 139 cm³/mol. The van der Waals surface area contributed by atoms with Crippen molar-refractivity contribution < 1.29 is 28.9 Å². The molecule has 2 aromatic rings. The normalized spacial score (nSPS) is 17.1. The number of aryl methyl sites for hydroxylation is 1. The lowest BCUT2D eigenvalue weighted by atomic mass is 9.94. The summed E-state index contributed by atoms with van der Waals surface area (Å²) in [5, 5.41) is 11.4. The van der Waals surface area contributed by atoms with Gasteiger partial charge in [-0.3, -0.25) is 9.59 Å². The summed E-state index contributed by atoms with van der Waals surface area (Å²) in [6.07, 6.45) is 1.97. The number of methoxy groups -OCH3 is 2. The van der Waals surface area contributed by atoms with Gasteiger partial charge in [0, 0.05) is 30.3 Å². The zero-order valence-electron chi connectivity index (χ0n) is 22.0. The van der Waals surface area contributed by atoms with Crippen LogP contribution < -0.4 is 14.2 Å². The number of carbonyl (C=O) groups excluding carboxylic acids is 2. The van der Waals surface area contributed by atoms with Gasteiger partial charge >= 0.3 is 0 Å². The van der Waals surface area contributed by atoms with E-state index in [0.717, 1.165) is 24.2 Å². The smallest absolute Gasteiger partial charge is 0.295 e. The number of Topliss-reactive ketones (excluding diaryl/α,β-unsaturated/α-hetero) is 1. The van der Waals surface area contributed by atoms with Crippen molar-refractivity contribution in [3.8, 4) is 17.2 Å². The number of carbonyl (C=O) groups is 2. The maximum Gasteiger partial charge on any atom is 0.295 e. The molecule has 1 fully saturated rings. The minimum absolute atomic E-state index is 0.0290. The Morgan fingerprint density at radius 2 is 1.81 bits per heavy atom. The van der Waals surface area contributed by atoms with Crippen molar-refractivity contribution >= 4 is 17.4 Å². The second-order valence-electron chi connectivity index (χ2n) is 9.09. The van der Waals surface area contributed by atoms with E-state index in [1.54, 1.807) is 43.5 Å². The van der Waals surface area contributed by atoms with Crippen LogP contribution in [-0.2, 0) is 9.59 Å². The number of ketones is 1. The minimum Gasteiger partial charge on any atom is -0.507 e. The van der Waals surface area contributed by atoms with E-state index in [1.807, 2.05) is 25.9 Å². The van der Waals surface area contributed by atoms with Crippen molar-refractivity contribution in [2.75, 3.05) is 48.0 Å². The fraction of sp³-hybridized carbons (Fsp3) is 0.429. The number of hydrogen-bond donors (Lipinski definition) is 1. The topological polar surface area (TPSA) is 88.5 Å². The van der Waals surface area contributed by atoms with E-state index in [2.05, 4.69) is 6.92 Å². The number of rotatable bonds is 11. The number of likely N-dealkylation sites (N-methyl/N-ethyl adjacent to an activating group) is 1.